The molecule has 0 heterocycles. The zero-order valence-electron chi connectivity index (χ0n) is 18.9. The molecule has 15 heteroatoms. The van der Waals surface area contributed by atoms with E-state index in [-0.39, 0.29) is 12.8 Å². The van der Waals surface area contributed by atoms with Gasteiger partial charge in [0.25, 0.3) is 10.2 Å². The molecule has 0 aromatic rings. The first-order chi connectivity index (χ1) is 14.5. The Balaban J connectivity index is 5.09. The number of carbonyl (C=O) groups is 3. The van der Waals surface area contributed by atoms with Crippen LogP contribution in [0.2, 0.25) is 0 Å². The SMILES string of the molecule is CC(C)(C)OC(=O)N[C@@H](CCC(=O)NC(CO[N+](=O)[O-])CO[N+](=O)[O-])C(=O)OC(C)(C)C. The summed E-state index contributed by atoms with van der Waals surface area (Å²) < 4.78 is 10.4. The fourth-order valence-electron chi connectivity index (χ4n) is 2.08. The molecule has 0 rings (SSSR count). The van der Waals surface area contributed by atoms with E-state index >= 15 is 0 Å². The molecular weight excluding hydrogens is 436 g/mol. The number of hydrogen-bond donors (Lipinski definition) is 2. The van der Waals surface area contributed by atoms with Crippen LogP contribution in [-0.2, 0) is 28.7 Å². The van der Waals surface area contributed by atoms with Gasteiger partial charge in [-0.1, -0.05) is 0 Å². The molecular formula is C17H30N4O11. The lowest BCUT2D eigenvalue weighted by molar-refractivity contribution is -0.766. The van der Waals surface area contributed by atoms with E-state index in [1.807, 2.05) is 0 Å². The van der Waals surface area contributed by atoms with Gasteiger partial charge in [0.1, 0.15) is 30.5 Å². The highest BCUT2D eigenvalue weighted by Crippen LogP contribution is 2.12. The van der Waals surface area contributed by atoms with E-state index in [1.54, 1.807) is 41.5 Å². The maximum atomic E-state index is 12.4. The molecule has 2 amide bonds. The van der Waals surface area contributed by atoms with Crippen LogP contribution in [0.25, 0.3) is 0 Å². The lowest BCUT2D eigenvalue weighted by atomic mass is 10.1. The van der Waals surface area contributed by atoms with E-state index in [4.69, 9.17) is 9.47 Å². The van der Waals surface area contributed by atoms with E-state index in [2.05, 4.69) is 20.3 Å². The zero-order valence-corrected chi connectivity index (χ0v) is 18.9. The highest BCUT2D eigenvalue weighted by atomic mass is 17.0. The summed E-state index contributed by atoms with van der Waals surface area (Å²) in [5.41, 5.74) is -1.70. The third kappa shape index (κ3) is 15.4. The van der Waals surface area contributed by atoms with Crippen LogP contribution in [0.15, 0.2) is 0 Å². The monoisotopic (exact) mass is 466 g/mol. The Morgan fingerprint density at radius 2 is 1.31 bits per heavy atom. The van der Waals surface area contributed by atoms with Crippen molar-refractivity contribution in [3.8, 4) is 0 Å². The van der Waals surface area contributed by atoms with Gasteiger partial charge in [-0.05, 0) is 48.0 Å². The summed E-state index contributed by atoms with van der Waals surface area (Å²) in [7, 11) is 0. The first-order valence-electron chi connectivity index (χ1n) is 9.55. The number of carbonyl (C=O) groups excluding carboxylic acids is 3. The number of ether oxygens (including phenoxy) is 2. The molecule has 0 unspecified atom stereocenters. The van der Waals surface area contributed by atoms with Gasteiger partial charge in [-0.15, -0.1) is 20.2 Å². The summed E-state index contributed by atoms with van der Waals surface area (Å²) in [5, 5.41) is 23.0. The fraction of sp³-hybridized carbons (Fsp3) is 0.824. The highest BCUT2D eigenvalue weighted by Gasteiger charge is 2.29. The summed E-state index contributed by atoms with van der Waals surface area (Å²) in [6.45, 7) is 8.36. The predicted molar refractivity (Wildman–Crippen MR) is 106 cm³/mol. The minimum Gasteiger partial charge on any atom is -0.458 e. The molecule has 0 bridgehead atoms. The molecule has 2 N–H and O–H groups in total. The summed E-state index contributed by atoms with van der Waals surface area (Å²) in [4.78, 5) is 65.6. The molecule has 15 nitrogen and oxygen atoms in total. The summed E-state index contributed by atoms with van der Waals surface area (Å²) in [6.07, 6.45) is -1.45. The molecule has 1 atom stereocenters. The van der Waals surface area contributed by atoms with Gasteiger partial charge in [0.15, 0.2) is 0 Å². The second-order valence-corrected chi connectivity index (χ2v) is 8.57. The summed E-state index contributed by atoms with van der Waals surface area (Å²) in [5.74, 6) is -1.53. The van der Waals surface area contributed by atoms with Gasteiger partial charge in [-0.2, -0.15) is 0 Å². The minimum atomic E-state index is -1.24. The molecule has 0 aromatic heterocycles. The van der Waals surface area contributed by atoms with Gasteiger partial charge in [0.05, 0.1) is 6.04 Å². The van der Waals surface area contributed by atoms with Crippen molar-refractivity contribution in [1.82, 2.24) is 10.6 Å². The normalized spacial score (nSPS) is 12.3. The largest absolute Gasteiger partial charge is 0.458 e. The zero-order chi connectivity index (χ0) is 25.1. The lowest BCUT2D eigenvalue weighted by Crippen LogP contribution is -2.47. The van der Waals surface area contributed by atoms with Crippen LogP contribution < -0.4 is 10.6 Å². The smallest absolute Gasteiger partial charge is 0.408 e. The number of amides is 2. The van der Waals surface area contributed by atoms with E-state index in [0.717, 1.165) is 0 Å². The van der Waals surface area contributed by atoms with Gasteiger partial charge in [-0.25, -0.2) is 9.59 Å². The number of rotatable bonds is 12. The van der Waals surface area contributed by atoms with Gasteiger partial charge >= 0.3 is 12.1 Å². The maximum Gasteiger partial charge on any atom is 0.408 e. The molecule has 184 valence electrons. The second kappa shape index (κ2) is 12.5. The average Bonchev–Trinajstić information content (AvgIpc) is 2.57. The molecule has 0 saturated heterocycles. The molecule has 0 radical (unpaired) electrons. The highest BCUT2D eigenvalue weighted by molar-refractivity contribution is 5.83. The summed E-state index contributed by atoms with van der Waals surface area (Å²) in [6, 6.07) is -2.45. The quantitative estimate of drug-likeness (QED) is 0.235. The van der Waals surface area contributed by atoms with Crippen LogP contribution in [0.4, 0.5) is 4.79 Å². The molecule has 0 aliphatic carbocycles. The molecule has 0 aliphatic heterocycles. The van der Waals surface area contributed by atoms with E-state index in [1.165, 1.54) is 0 Å². The molecule has 0 aromatic carbocycles. The Hall–Kier alpha value is -3.39. The molecule has 0 fully saturated rings. The van der Waals surface area contributed by atoms with Gasteiger partial charge < -0.3 is 29.8 Å². The third-order valence-electron chi connectivity index (χ3n) is 3.17. The van der Waals surface area contributed by atoms with Gasteiger partial charge in [-0.3, -0.25) is 4.79 Å². The molecule has 0 spiro atoms. The first kappa shape index (κ1) is 28.6. The van der Waals surface area contributed by atoms with Crippen molar-refractivity contribution in [3.05, 3.63) is 20.2 Å². The Morgan fingerprint density at radius 1 is 0.844 bits per heavy atom. The second-order valence-electron chi connectivity index (χ2n) is 8.57. The van der Waals surface area contributed by atoms with Gasteiger partial charge in [0.2, 0.25) is 5.91 Å². The van der Waals surface area contributed by atoms with E-state index < -0.39 is 64.6 Å². The number of nitrogens with one attached hydrogen (secondary N) is 2. The Bertz CT molecular complexity index is 667. The number of alkyl carbamates (subject to hydrolysis) is 1. The van der Waals surface area contributed by atoms with E-state index in [9.17, 15) is 34.6 Å². The fourth-order valence-corrected chi connectivity index (χ4v) is 2.08. The van der Waals surface area contributed by atoms with E-state index in [0.29, 0.717) is 0 Å². The Labute approximate surface area is 184 Å². The Kier molecular flexibility index (Phi) is 11.1. The van der Waals surface area contributed by atoms with Crippen LogP contribution in [0, 0.1) is 20.2 Å². The lowest BCUT2D eigenvalue weighted by Gasteiger charge is -2.26. The minimum absolute atomic E-state index is 0.209. The van der Waals surface area contributed by atoms with Crippen LogP contribution in [0.5, 0.6) is 0 Å². The van der Waals surface area contributed by atoms with Gasteiger partial charge in [0, 0.05) is 6.42 Å². The van der Waals surface area contributed by atoms with Crippen molar-refractivity contribution in [2.75, 3.05) is 13.2 Å². The number of nitrogens with zero attached hydrogens (tertiary/aromatic N) is 2. The number of esters is 1. The topological polar surface area (TPSA) is 198 Å². The predicted octanol–water partition coefficient (Wildman–Crippen LogP) is 0.903. The molecule has 0 aliphatic rings. The number of hydrogen-bond acceptors (Lipinski definition) is 11. The summed E-state index contributed by atoms with van der Waals surface area (Å²) >= 11 is 0. The first-order valence-corrected chi connectivity index (χ1v) is 9.55. The van der Waals surface area contributed by atoms with Crippen molar-refractivity contribution >= 4 is 18.0 Å². The average molecular weight is 466 g/mol. The van der Waals surface area contributed by atoms with Crippen LogP contribution in [0.3, 0.4) is 0 Å². The molecule has 32 heavy (non-hydrogen) atoms. The standard InChI is InChI=1S/C17H30N4O11/c1-16(2,3)31-14(23)12(19-15(24)32-17(4,5)6)7-8-13(22)18-11(9-29-20(25)26)10-30-21(27)28/h11-12H,7-10H2,1-6H3,(H,18,22)(H,19,24)/t12-/m0/s1. The van der Waals surface area contributed by atoms with Crippen molar-refractivity contribution in [2.45, 2.75) is 77.7 Å². The third-order valence-corrected chi connectivity index (χ3v) is 3.17. The maximum absolute atomic E-state index is 12.4. The molecule has 0 saturated carbocycles. The van der Waals surface area contributed by atoms with Crippen LogP contribution >= 0.6 is 0 Å². The van der Waals surface area contributed by atoms with Crippen LogP contribution in [-0.4, -0.2) is 64.6 Å². The van der Waals surface area contributed by atoms with Crippen LogP contribution in [0.1, 0.15) is 54.4 Å². The van der Waals surface area contributed by atoms with Crippen molar-refractivity contribution < 1.29 is 43.7 Å². The van der Waals surface area contributed by atoms with Crippen molar-refractivity contribution in [2.24, 2.45) is 0 Å². The van der Waals surface area contributed by atoms with Crippen molar-refractivity contribution in [3.63, 3.8) is 0 Å². The van der Waals surface area contributed by atoms with Crippen molar-refractivity contribution in [1.29, 1.82) is 0 Å². The Morgan fingerprint density at radius 3 is 1.72 bits per heavy atom.